The molecule has 3 aromatic rings. The quantitative estimate of drug-likeness (QED) is 0.691. The Morgan fingerprint density at radius 1 is 1.18 bits per heavy atom. The minimum Gasteiger partial charge on any atom is -0.465 e. The molecule has 4 nitrogen and oxygen atoms in total. The fraction of sp³-hybridized carbons (Fsp3) is 0.222. The molecular weight excluding hydrogens is 276 g/mol. The molecule has 0 aliphatic heterocycles. The second-order valence-electron chi connectivity index (χ2n) is 5.18. The van der Waals surface area contributed by atoms with Crippen LogP contribution in [0.5, 0.6) is 0 Å². The number of esters is 1. The number of aryl methyl sites for hydroxylation is 1. The maximum atomic E-state index is 11.9. The lowest BCUT2D eigenvalue weighted by Crippen LogP contribution is -2.14. The number of para-hydroxylation sites is 2. The molecule has 2 aromatic carbocycles. The van der Waals surface area contributed by atoms with Crippen LogP contribution < -0.4 is 0 Å². The molecule has 112 valence electrons. The maximum absolute atomic E-state index is 11.9. The van der Waals surface area contributed by atoms with Gasteiger partial charge in [0.15, 0.2) is 0 Å². The summed E-state index contributed by atoms with van der Waals surface area (Å²) < 4.78 is 7.01. The molecule has 3 rings (SSSR count). The third-order valence-electron chi connectivity index (χ3n) is 3.52. The van der Waals surface area contributed by atoms with Gasteiger partial charge in [-0.2, -0.15) is 0 Å². The summed E-state index contributed by atoms with van der Waals surface area (Å²) in [4.78, 5) is 16.6. The molecule has 1 heterocycles. The van der Waals surface area contributed by atoms with Crippen molar-refractivity contribution in [2.45, 2.75) is 20.4 Å². The van der Waals surface area contributed by atoms with Crippen LogP contribution in [-0.2, 0) is 16.1 Å². The number of ether oxygens (including phenoxy) is 1. The van der Waals surface area contributed by atoms with E-state index in [9.17, 15) is 4.79 Å². The van der Waals surface area contributed by atoms with Crippen molar-refractivity contribution in [3.63, 3.8) is 0 Å². The lowest BCUT2D eigenvalue weighted by atomic mass is 10.1. The fourth-order valence-corrected chi connectivity index (χ4v) is 2.58. The van der Waals surface area contributed by atoms with Crippen molar-refractivity contribution in [3.8, 4) is 11.4 Å². The molecule has 4 heteroatoms. The summed E-state index contributed by atoms with van der Waals surface area (Å²) in [5, 5.41) is 0. The number of rotatable bonds is 4. The number of aromatic nitrogens is 2. The van der Waals surface area contributed by atoms with Crippen LogP contribution in [0.1, 0.15) is 12.5 Å². The fourth-order valence-electron chi connectivity index (χ4n) is 2.58. The summed E-state index contributed by atoms with van der Waals surface area (Å²) in [6, 6.07) is 16.0. The molecular formula is C18H18N2O2. The van der Waals surface area contributed by atoms with Crippen molar-refractivity contribution in [1.29, 1.82) is 0 Å². The summed E-state index contributed by atoms with van der Waals surface area (Å²) in [6.45, 7) is 4.40. The summed E-state index contributed by atoms with van der Waals surface area (Å²) >= 11 is 0. The van der Waals surface area contributed by atoms with E-state index in [1.807, 2.05) is 60.9 Å². The normalized spacial score (nSPS) is 10.8. The monoisotopic (exact) mass is 294 g/mol. The zero-order valence-electron chi connectivity index (χ0n) is 12.7. The van der Waals surface area contributed by atoms with Gasteiger partial charge in [-0.15, -0.1) is 0 Å². The topological polar surface area (TPSA) is 44.1 Å². The number of carbonyl (C=O) groups excluding carboxylic acids is 1. The smallest absolute Gasteiger partial charge is 0.326 e. The molecule has 0 radical (unpaired) electrons. The second kappa shape index (κ2) is 6.02. The Bertz CT molecular complexity index is 821. The Morgan fingerprint density at radius 2 is 2.00 bits per heavy atom. The van der Waals surface area contributed by atoms with Gasteiger partial charge in [-0.25, -0.2) is 4.98 Å². The van der Waals surface area contributed by atoms with E-state index in [1.54, 1.807) is 0 Å². The molecule has 0 saturated heterocycles. The first-order chi connectivity index (χ1) is 10.7. The first-order valence-electron chi connectivity index (χ1n) is 7.37. The third kappa shape index (κ3) is 2.72. The predicted octanol–water partition coefficient (Wildman–Crippen LogP) is 3.57. The molecule has 0 atom stereocenters. The molecule has 0 N–H and O–H groups in total. The van der Waals surface area contributed by atoms with Gasteiger partial charge >= 0.3 is 5.97 Å². The van der Waals surface area contributed by atoms with Gasteiger partial charge in [0.2, 0.25) is 0 Å². The summed E-state index contributed by atoms with van der Waals surface area (Å²) in [5.41, 5.74) is 3.98. The second-order valence-corrected chi connectivity index (χ2v) is 5.18. The number of imidazole rings is 1. The summed E-state index contributed by atoms with van der Waals surface area (Å²) in [6.07, 6.45) is 0. The average molecular weight is 294 g/mol. The van der Waals surface area contributed by atoms with E-state index < -0.39 is 0 Å². The van der Waals surface area contributed by atoms with Crippen LogP contribution >= 0.6 is 0 Å². The van der Waals surface area contributed by atoms with Gasteiger partial charge in [0.05, 0.1) is 17.6 Å². The van der Waals surface area contributed by atoms with Gasteiger partial charge in [0.1, 0.15) is 12.4 Å². The standard InChI is InChI=1S/C18H18N2O2/c1-3-22-17(21)12-20-16-10-5-4-9-15(16)19-18(20)14-8-6-7-13(2)11-14/h4-11H,3,12H2,1-2H3. The first kappa shape index (κ1) is 14.3. The van der Waals surface area contributed by atoms with Crippen LogP contribution in [0.4, 0.5) is 0 Å². The molecule has 0 unspecified atom stereocenters. The van der Waals surface area contributed by atoms with Crippen molar-refractivity contribution in [2.75, 3.05) is 6.61 Å². The number of fused-ring (bicyclic) bond motifs is 1. The molecule has 0 fully saturated rings. The van der Waals surface area contributed by atoms with Crippen LogP contribution in [-0.4, -0.2) is 22.1 Å². The molecule has 1 aromatic heterocycles. The van der Waals surface area contributed by atoms with Crippen molar-refractivity contribution < 1.29 is 9.53 Å². The van der Waals surface area contributed by atoms with E-state index in [1.165, 1.54) is 0 Å². The lowest BCUT2D eigenvalue weighted by molar-refractivity contribution is -0.143. The minimum atomic E-state index is -0.250. The zero-order valence-corrected chi connectivity index (χ0v) is 12.7. The van der Waals surface area contributed by atoms with Gasteiger partial charge in [0.25, 0.3) is 0 Å². The molecule has 0 aliphatic rings. The van der Waals surface area contributed by atoms with Gasteiger partial charge < -0.3 is 9.30 Å². The highest BCUT2D eigenvalue weighted by Crippen LogP contribution is 2.25. The predicted molar refractivity (Wildman–Crippen MR) is 86.5 cm³/mol. The van der Waals surface area contributed by atoms with Crippen molar-refractivity contribution in [3.05, 3.63) is 54.1 Å². The maximum Gasteiger partial charge on any atom is 0.326 e. The first-order valence-corrected chi connectivity index (χ1v) is 7.37. The van der Waals surface area contributed by atoms with E-state index in [-0.39, 0.29) is 12.5 Å². The van der Waals surface area contributed by atoms with Gasteiger partial charge in [0, 0.05) is 5.56 Å². The van der Waals surface area contributed by atoms with Crippen LogP contribution in [0.25, 0.3) is 22.4 Å². The molecule has 0 saturated carbocycles. The van der Waals surface area contributed by atoms with Crippen LogP contribution in [0.2, 0.25) is 0 Å². The number of benzene rings is 2. The Balaban J connectivity index is 2.14. The summed E-state index contributed by atoms with van der Waals surface area (Å²) in [7, 11) is 0. The molecule has 0 amide bonds. The van der Waals surface area contributed by atoms with E-state index >= 15 is 0 Å². The summed E-state index contributed by atoms with van der Waals surface area (Å²) in [5.74, 6) is 0.539. The molecule has 0 aliphatic carbocycles. The zero-order chi connectivity index (χ0) is 15.5. The highest BCUT2D eigenvalue weighted by atomic mass is 16.5. The number of hydrogen-bond donors (Lipinski definition) is 0. The van der Waals surface area contributed by atoms with Crippen LogP contribution in [0.15, 0.2) is 48.5 Å². The highest BCUT2D eigenvalue weighted by Gasteiger charge is 2.15. The number of nitrogens with zero attached hydrogens (tertiary/aromatic N) is 2. The molecule has 0 bridgehead atoms. The Hall–Kier alpha value is -2.62. The Kier molecular flexibility index (Phi) is 3.92. The highest BCUT2D eigenvalue weighted by molar-refractivity contribution is 5.83. The van der Waals surface area contributed by atoms with Crippen molar-refractivity contribution in [1.82, 2.24) is 9.55 Å². The SMILES string of the molecule is CCOC(=O)Cn1c(-c2cccc(C)c2)nc2ccccc21. The average Bonchev–Trinajstić information content (AvgIpc) is 2.86. The van der Waals surface area contributed by atoms with Crippen molar-refractivity contribution in [2.24, 2.45) is 0 Å². The number of carbonyl (C=O) groups is 1. The van der Waals surface area contributed by atoms with E-state index in [0.717, 1.165) is 28.0 Å². The van der Waals surface area contributed by atoms with E-state index in [4.69, 9.17) is 9.72 Å². The van der Waals surface area contributed by atoms with Crippen molar-refractivity contribution >= 4 is 17.0 Å². The van der Waals surface area contributed by atoms with Gasteiger partial charge in [-0.05, 0) is 32.0 Å². The Morgan fingerprint density at radius 3 is 2.77 bits per heavy atom. The Labute approximate surface area is 129 Å². The molecule has 22 heavy (non-hydrogen) atoms. The largest absolute Gasteiger partial charge is 0.465 e. The molecule has 0 spiro atoms. The van der Waals surface area contributed by atoms with Gasteiger partial charge in [-0.3, -0.25) is 4.79 Å². The number of hydrogen-bond acceptors (Lipinski definition) is 3. The van der Waals surface area contributed by atoms with Crippen LogP contribution in [0.3, 0.4) is 0 Å². The van der Waals surface area contributed by atoms with Crippen LogP contribution in [0, 0.1) is 6.92 Å². The van der Waals surface area contributed by atoms with E-state index in [2.05, 4.69) is 6.07 Å². The minimum absolute atomic E-state index is 0.164. The van der Waals surface area contributed by atoms with Gasteiger partial charge in [-0.1, -0.05) is 35.9 Å². The van der Waals surface area contributed by atoms with E-state index in [0.29, 0.717) is 6.61 Å². The third-order valence-corrected chi connectivity index (χ3v) is 3.52. The lowest BCUT2D eigenvalue weighted by Gasteiger charge is -2.09.